The second-order valence-corrected chi connectivity index (χ2v) is 14.9. The highest BCUT2D eigenvalue weighted by molar-refractivity contribution is 6.36. The topological polar surface area (TPSA) is 42.3 Å². The molecule has 0 saturated heterocycles. The van der Waals surface area contributed by atoms with Gasteiger partial charge in [0, 0.05) is 27.4 Å². The van der Waals surface area contributed by atoms with E-state index in [1.165, 1.54) is 26.8 Å². The van der Waals surface area contributed by atoms with Crippen molar-refractivity contribution >= 4 is 50.1 Å². The van der Waals surface area contributed by atoms with Gasteiger partial charge in [0.05, 0.1) is 22.3 Å². The Morgan fingerprint density at radius 2 is 1.11 bits per heavy atom. The third kappa shape index (κ3) is 4.41. The van der Waals surface area contributed by atoms with Crippen LogP contribution in [0.2, 0.25) is 0 Å². The first-order valence-electron chi connectivity index (χ1n) is 15.8. The lowest BCUT2D eigenvalue weighted by molar-refractivity contribution is 0.0893. The van der Waals surface area contributed by atoms with E-state index >= 15 is 0 Å². The fraction of sp³-hybridized carbons (Fsp3) is 0.268. The molecule has 0 radical (unpaired) electrons. The molecule has 45 heavy (non-hydrogen) atoms. The summed E-state index contributed by atoms with van der Waals surface area (Å²) in [5.74, 6) is -0.561. The average Bonchev–Trinajstić information content (AvgIpc) is 3.29. The highest BCUT2D eigenvalue weighted by atomic mass is 16.2. The zero-order chi connectivity index (χ0) is 32.2. The lowest BCUT2D eigenvalue weighted by atomic mass is 9.85. The van der Waals surface area contributed by atoms with Crippen LogP contribution in [-0.2, 0) is 10.8 Å². The SMILES string of the molecule is Cc1cc(C)c(N2C(=O)c3cccc4cc(-n5c6ccc(C(C)(C)C)cc6c6cc(C(C)(C)C)ccc65)cc(c34)C2=O)c(C)c1. The summed E-state index contributed by atoms with van der Waals surface area (Å²) in [6.45, 7) is 19.4. The van der Waals surface area contributed by atoms with E-state index in [2.05, 4.69) is 88.6 Å². The summed E-state index contributed by atoms with van der Waals surface area (Å²) in [7, 11) is 0. The molecule has 5 aromatic carbocycles. The van der Waals surface area contributed by atoms with E-state index in [1.807, 2.05) is 57.2 Å². The predicted octanol–water partition coefficient (Wildman–Crippen LogP) is 10.3. The first-order chi connectivity index (χ1) is 21.1. The molecule has 0 atom stereocenters. The molecule has 226 valence electrons. The van der Waals surface area contributed by atoms with Crippen LogP contribution < -0.4 is 4.90 Å². The molecule has 0 fully saturated rings. The molecule has 4 heteroatoms. The maximum Gasteiger partial charge on any atom is 0.266 e. The van der Waals surface area contributed by atoms with E-state index < -0.39 is 0 Å². The number of nitrogens with zero attached hydrogens (tertiary/aromatic N) is 2. The number of benzene rings is 5. The number of aryl methyl sites for hydroxylation is 3. The Morgan fingerprint density at radius 3 is 1.64 bits per heavy atom. The standard InChI is InChI=1S/C41H40N2O2/c1-23-17-24(2)37(25(3)18-23)43-38(44)30-12-10-11-26-19-29(22-33(36(26)30)39(43)45)42-34-15-13-27(40(4,5)6)20-31(34)32-21-28(41(7,8)9)14-16-35(32)42/h10-22H,1-9H3. The Balaban J connectivity index is 1.53. The Hall–Kier alpha value is -4.70. The predicted molar refractivity (Wildman–Crippen MR) is 187 cm³/mol. The summed E-state index contributed by atoms with van der Waals surface area (Å²) >= 11 is 0. The van der Waals surface area contributed by atoms with E-state index in [1.54, 1.807) is 0 Å². The summed E-state index contributed by atoms with van der Waals surface area (Å²) in [5, 5.41) is 3.99. The van der Waals surface area contributed by atoms with E-state index in [0.717, 1.165) is 44.2 Å². The number of hydrogen-bond donors (Lipinski definition) is 0. The number of imide groups is 1. The van der Waals surface area contributed by atoms with Crippen LogP contribution in [-0.4, -0.2) is 16.4 Å². The number of fused-ring (bicyclic) bond motifs is 3. The molecule has 6 aromatic rings. The Bertz CT molecular complexity index is 2160. The quantitative estimate of drug-likeness (QED) is 0.188. The zero-order valence-electron chi connectivity index (χ0n) is 27.7. The van der Waals surface area contributed by atoms with Gasteiger partial charge >= 0.3 is 0 Å². The van der Waals surface area contributed by atoms with Crippen molar-refractivity contribution in [1.82, 2.24) is 4.57 Å². The number of anilines is 1. The Labute approximate surface area is 265 Å². The first kappa shape index (κ1) is 29.0. The zero-order valence-corrected chi connectivity index (χ0v) is 27.7. The van der Waals surface area contributed by atoms with Gasteiger partial charge in [-0.2, -0.15) is 0 Å². The molecule has 0 unspecified atom stereocenters. The summed E-state index contributed by atoms with van der Waals surface area (Å²) in [4.78, 5) is 29.8. The molecule has 2 amide bonds. The molecule has 1 aliphatic rings. The molecule has 0 spiro atoms. The van der Waals surface area contributed by atoms with Crippen molar-refractivity contribution in [2.75, 3.05) is 4.90 Å². The van der Waals surface area contributed by atoms with Crippen LogP contribution in [0, 0.1) is 20.8 Å². The number of carbonyl (C=O) groups is 2. The van der Waals surface area contributed by atoms with Gasteiger partial charge in [-0.05, 0) is 102 Å². The van der Waals surface area contributed by atoms with Crippen LogP contribution in [0.3, 0.4) is 0 Å². The van der Waals surface area contributed by atoms with Crippen LogP contribution in [0.1, 0.15) is 90.1 Å². The molecular weight excluding hydrogens is 552 g/mol. The molecule has 2 heterocycles. The van der Waals surface area contributed by atoms with Gasteiger partial charge in [-0.25, -0.2) is 4.90 Å². The van der Waals surface area contributed by atoms with Crippen molar-refractivity contribution in [3.63, 3.8) is 0 Å². The molecule has 0 N–H and O–H groups in total. The molecular formula is C41H40N2O2. The third-order valence-electron chi connectivity index (χ3n) is 9.44. The minimum Gasteiger partial charge on any atom is -0.309 e. The fourth-order valence-corrected chi connectivity index (χ4v) is 7.18. The van der Waals surface area contributed by atoms with Gasteiger partial charge in [-0.3, -0.25) is 9.59 Å². The van der Waals surface area contributed by atoms with Crippen LogP contribution in [0.15, 0.2) is 78.9 Å². The molecule has 0 saturated carbocycles. The van der Waals surface area contributed by atoms with Gasteiger partial charge in [0.25, 0.3) is 11.8 Å². The lowest BCUT2D eigenvalue weighted by Gasteiger charge is -2.30. The maximum atomic E-state index is 14.5. The van der Waals surface area contributed by atoms with Crippen molar-refractivity contribution in [1.29, 1.82) is 0 Å². The van der Waals surface area contributed by atoms with Gasteiger partial charge in [0.1, 0.15) is 0 Å². The normalized spacial score (nSPS) is 13.9. The van der Waals surface area contributed by atoms with E-state index in [9.17, 15) is 9.59 Å². The average molecular weight is 593 g/mol. The van der Waals surface area contributed by atoms with Gasteiger partial charge in [0.2, 0.25) is 0 Å². The van der Waals surface area contributed by atoms with Crippen LogP contribution >= 0.6 is 0 Å². The van der Waals surface area contributed by atoms with Gasteiger partial charge in [0.15, 0.2) is 0 Å². The summed E-state index contributed by atoms with van der Waals surface area (Å²) in [6, 6.07) is 27.5. The fourth-order valence-electron chi connectivity index (χ4n) is 7.18. The van der Waals surface area contributed by atoms with Gasteiger partial charge in [-0.15, -0.1) is 0 Å². The van der Waals surface area contributed by atoms with Crippen molar-refractivity contribution < 1.29 is 9.59 Å². The molecule has 0 aliphatic carbocycles. The summed E-state index contributed by atoms with van der Waals surface area (Å²) in [6.07, 6.45) is 0. The maximum absolute atomic E-state index is 14.5. The number of hydrogen-bond acceptors (Lipinski definition) is 2. The van der Waals surface area contributed by atoms with Crippen molar-refractivity contribution in [2.45, 2.75) is 73.1 Å². The van der Waals surface area contributed by atoms with Crippen LogP contribution in [0.4, 0.5) is 5.69 Å². The number of amides is 2. The molecule has 7 rings (SSSR count). The smallest absolute Gasteiger partial charge is 0.266 e. The molecule has 4 nitrogen and oxygen atoms in total. The molecule has 1 aliphatic heterocycles. The van der Waals surface area contributed by atoms with Crippen molar-refractivity contribution in [2.24, 2.45) is 0 Å². The van der Waals surface area contributed by atoms with Crippen LogP contribution in [0.5, 0.6) is 0 Å². The highest BCUT2D eigenvalue weighted by Crippen LogP contribution is 2.41. The summed E-state index contributed by atoms with van der Waals surface area (Å²) < 4.78 is 2.28. The Kier molecular flexibility index (Phi) is 6.23. The third-order valence-corrected chi connectivity index (χ3v) is 9.44. The lowest BCUT2D eigenvalue weighted by Crippen LogP contribution is -2.41. The second-order valence-electron chi connectivity index (χ2n) is 14.9. The Morgan fingerprint density at radius 1 is 0.578 bits per heavy atom. The first-order valence-corrected chi connectivity index (χ1v) is 15.8. The largest absolute Gasteiger partial charge is 0.309 e. The number of rotatable bonds is 2. The van der Waals surface area contributed by atoms with Crippen molar-refractivity contribution in [3.8, 4) is 5.69 Å². The number of aromatic nitrogens is 1. The number of carbonyl (C=O) groups excluding carboxylic acids is 2. The van der Waals surface area contributed by atoms with E-state index in [0.29, 0.717) is 16.8 Å². The van der Waals surface area contributed by atoms with Crippen LogP contribution in [0.25, 0.3) is 38.3 Å². The van der Waals surface area contributed by atoms with Gasteiger partial charge in [-0.1, -0.05) is 83.5 Å². The highest BCUT2D eigenvalue weighted by Gasteiger charge is 2.36. The summed E-state index contributed by atoms with van der Waals surface area (Å²) in [5.41, 5.74) is 10.3. The van der Waals surface area contributed by atoms with E-state index in [-0.39, 0.29) is 22.6 Å². The van der Waals surface area contributed by atoms with Crippen molar-refractivity contribution in [3.05, 3.63) is 118 Å². The minimum atomic E-state index is -0.286. The molecule has 0 bridgehead atoms. The van der Waals surface area contributed by atoms with Gasteiger partial charge < -0.3 is 4.57 Å². The molecule has 1 aromatic heterocycles. The second kappa shape index (κ2) is 9.65. The monoisotopic (exact) mass is 592 g/mol. The van der Waals surface area contributed by atoms with E-state index in [4.69, 9.17) is 0 Å². The minimum absolute atomic E-state index is 0.00241.